The van der Waals surface area contributed by atoms with E-state index in [2.05, 4.69) is 26.6 Å². The summed E-state index contributed by atoms with van der Waals surface area (Å²) in [5.74, 6) is -1.29. The van der Waals surface area contributed by atoms with Crippen molar-refractivity contribution in [2.45, 2.75) is 13.0 Å². The number of aliphatic carboxylic acids is 1. The van der Waals surface area contributed by atoms with E-state index in [0.29, 0.717) is 15.7 Å². The molecular formula is C16H17BrN2O7. The van der Waals surface area contributed by atoms with Gasteiger partial charge in [-0.3, -0.25) is 0 Å². The topological polar surface area (TPSA) is 123 Å². The molecule has 10 heteroatoms. The molecule has 0 saturated heterocycles. The minimum atomic E-state index is -1.13. The second kappa shape index (κ2) is 8.09. The van der Waals surface area contributed by atoms with Crippen molar-refractivity contribution in [2.24, 2.45) is 0 Å². The van der Waals surface area contributed by atoms with E-state index in [1.54, 1.807) is 13.0 Å². The smallest absolute Gasteiger partial charge is 0.341 e. The first-order valence-corrected chi connectivity index (χ1v) is 8.16. The highest BCUT2D eigenvalue weighted by Gasteiger charge is 2.33. The summed E-state index contributed by atoms with van der Waals surface area (Å²) in [6.07, 6.45) is 0. The van der Waals surface area contributed by atoms with Crippen molar-refractivity contribution in [1.29, 1.82) is 0 Å². The average Bonchev–Trinajstić information content (AvgIpc) is 2.58. The number of nitrogens with one attached hydrogen (secondary N) is 2. The van der Waals surface area contributed by atoms with Crippen LogP contribution in [0.5, 0.6) is 11.5 Å². The Balaban J connectivity index is 2.51. The van der Waals surface area contributed by atoms with Gasteiger partial charge in [-0.15, -0.1) is 0 Å². The first-order valence-electron chi connectivity index (χ1n) is 7.37. The Bertz CT molecular complexity index is 791. The minimum absolute atomic E-state index is 0.200. The third-order valence-electron chi connectivity index (χ3n) is 3.62. The van der Waals surface area contributed by atoms with Gasteiger partial charge in [0.15, 0.2) is 18.1 Å². The van der Waals surface area contributed by atoms with Crippen LogP contribution in [0.4, 0.5) is 4.79 Å². The molecule has 0 radical (unpaired) electrons. The van der Waals surface area contributed by atoms with Gasteiger partial charge in [0.1, 0.15) is 0 Å². The lowest BCUT2D eigenvalue weighted by Gasteiger charge is -2.29. The number of amides is 2. The van der Waals surface area contributed by atoms with Gasteiger partial charge in [-0.25, -0.2) is 14.4 Å². The summed E-state index contributed by atoms with van der Waals surface area (Å²) in [6, 6.07) is 1.79. The molecule has 1 aliphatic rings. The van der Waals surface area contributed by atoms with E-state index >= 15 is 0 Å². The van der Waals surface area contributed by atoms with Crippen molar-refractivity contribution in [3.05, 3.63) is 33.4 Å². The number of rotatable bonds is 6. The molecule has 140 valence electrons. The van der Waals surface area contributed by atoms with Gasteiger partial charge in [0.25, 0.3) is 0 Å². The number of carboxylic acid groups (broad SMARTS) is 1. The molecule has 0 saturated carbocycles. The highest BCUT2D eigenvalue weighted by molar-refractivity contribution is 9.10. The number of esters is 1. The maximum atomic E-state index is 12.2. The molecule has 1 atom stereocenters. The largest absolute Gasteiger partial charge is 0.493 e. The Kier molecular flexibility index (Phi) is 6.09. The summed E-state index contributed by atoms with van der Waals surface area (Å²) < 4.78 is 15.7. The van der Waals surface area contributed by atoms with E-state index in [0.717, 1.165) is 0 Å². The van der Waals surface area contributed by atoms with Crippen LogP contribution >= 0.6 is 15.9 Å². The van der Waals surface area contributed by atoms with Crippen molar-refractivity contribution in [2.75, 3.05) is 20.8 Å². The molecule has 0 unspecified atom stereocenters. The van der Waals surface area contributed by atoms with Crippen molar-refractivity contribution < 1.29 is 33.7 Å². The number of urea groups is 1. The summed E-state index contributed by atoms with van der Waals surface area (Å²) in [5, 5.41) is 13.9. The van der Waals surface area contributed by atoms with Crippen LogP contribution in [-0.4, -0.2) is 43.9 Å². The number of methoxy groups -OCH3 is 2. The molecule has 1 aliphatic heterocycles. The molecule has 2 rings (SSSR count). The van der Waals surface area contributed by atoms with E-state index < -0.39 is 30.6 Å². The van der Waals surface area contributed by atoms with Crippen molar-refractivity contribution in [3.8, 4) is 11.5 Å². The maximum absolute atomic E-state index is 12.2. The Labute approximate surface area is 157 Å². The third-order valence-corrected chi connectivity index (χ3v) is 4.31. The van der Waals surface area contributed by atoms with Gasteiger partial charge >= 0.3 is 18.0 Å². The van der Waals surface area contributed by atoms with Crippen LogP contribution in [-0.2, 0) is 14.3 Å². The number of carbonyl (C=O) groups is 3. The molecule has 0 bridgehead atoms. The van der Waals surface area contributed by atoms with Crippen LogP contribution in [0, 0.1) is 0 Å². The van der Waals surface area contributed by atoms with Gasteiger partial charge in [-0.05, 0) is 24.6 Å². The standard InChI is InChI=1S/C16H17BrN2O7/c1-7-13(15(22)25-3)14(19-16(23)18-7)8-4-10(24-2)11(5-9(8)17)26-6-12(20)21/h4-5,14H,6H2,1-3H3,(H,20,21)(H2,18,19,23)/t14-/m0/s1. The predicted molar refractivity (Wildman–Crippen MR) is 92.9 cm³/mol. The van der Waals surface area contributed by atoms with Crippen LogP contribution in [0.25, 0.3) is 0 Å². The molecule has 0 spiro atoms. The van der Waals surface area contributed by atoms with Crippen molar-refractivity contribution in [1.82, 2.24) is 10.6 Å². The summed E-state index contributed by atoms with van der Waals surface area (Å²) in [5.41, 5.74) is 1.11. The number of carboxylic acids is 1. The summed E-state index contributed by atoms with van der Waals surface area (Å²) >= 11 is 3.36. The van der Waals surface area contributed by atoms with Crippen LogP contribution in [0.15, 0.2) is 27.9 Å². The molecule has 1 aromatic rings. The highest BCUT2D eigenvalue weighted by atomic mass is 79.9. The fourth-order valence-corrected chi connectivity index (χ4v) is 3.04. The van der Waals surface area contributed by atoms with Gasteiger partial charge in [0.05, 0.1) is 25.8 Å². The number of hydrogen-bond donors (Lipinski definition) is 3. The molecule has 1 aromatic carbocycles. The summed E-state index contributed by atoms with van der Waals surface area (Å²) in [6.45, 7) is 1.05. The van der Waals surface area contributed by atoms with E-state index in [1.165, 1.54) is 20.3 Å². The zero-order chi connectivity index (χ0) is 19.4. The summed E-state index contributed by atoms with van der Waals surface area (Å²) in [4.78, 5) is 34.8. The average molecular weight is 429 g/mol. The molecule has 2 amide bonds. The fraction of sp³-hybridized carbons (Fsp3) is 0.312. The van der Waals surface area contributed by atoms with Crippen LogP contribution in [0.3, 0.4) is 0 Å². The lowest BCUT2D eigenvalue weighted by molar-refractivity contribution is -0.139. The van der Waals surface area contributed by atoms with Crippen LogP contribution in [0.1, 0.15) is 18.5 Å². The second-order valence-corrected chi connectivity index (χ2v) is 6.12. The first kappa shape index (κ1) is 19.6. The Morgan fingerprint density at radius 2 is 1.96 bits per heavy atom. The van der Waals surface area contributed by atoms with E-state index in [4.69, 9.17) is 19.3 Å². The number of hydrogen-bond acceptors (Lipinski definition) is 6. The van der Waals surface area contributed by atoms with Gasteiger partial charge in [-0.1, -0.05) is 15.9 Å². The molecule has 0 aliphatic carbocycles. The third kappa shape index (κ3) is 4.07. The second-order valence-electron chi connectivity index (χ2n) is 5.27. The van der Waals surface area contributed by atoms with Crippen LogP contribution in [0.2, 0.25) is 0 Å². The summed E-state index contributed by atoms with van der Waals surface area (Å²) in [7, 11) is 2.64. The first-order chi connectivity index (χ1) is 12.3. The molecule has 9 nitrogen and oxygen atoms in total. The molecular weight excluding hydrogens is 412 g/mol. The lowest BCUT2D eigenvalue weighted by atomic mass is 9.95. The molecule has 1 heterocycles. The van der Waals surface area contributed by atoms with Gasteiger partial charge < -0.3 is 30.0 Å². The lowest BCUT2D eigenvalue weighted by Crippen LogP contribution is -2.45. The zero-order valence-electron chi connectivity index (χ0n) is 14.2. The fourth-order valence-electron chi connectivity index (χ4n) is 2.49. The Hall–Kier alpha value is -2.75. The monoisotopic (exact) mass is 428 g/mol. The van der Waals surface area contributed by atoms with Gasteiger partial charge in [-0.2, -0.15) is 0 Å². The van der Waals surface area contributed by atoms with Crippen LogP contribution < -0.4 is 20.1 Å². The quantitative estimate of drug-likeness (QED) is 0.589. The number of ether oxygens (including phenoxy) is 3. The molecule has 0 aromatic heterocycles. The maximum Gasteiger partial charge on any atom is 0.341 e. The number of allylic oxidation sites excluding steroid dienone is 1. The van der Waals surface area contributed by atoms with E-state index in [9.17, 15) is 14.4 Å². The number of carbonyl (C=O) groups excluding carboxylic acids is 2. The Morgan fingerprint density at radius 1 is 1.27 bits per heavy atom. The van der Waals surface area contributed by atoms with E-state index in [-0.39, 0.29) is 17.1 Å². The van der Waals surface area contributed by atoms with Crippen molar-refractivity contribution in [3.63, 3.8) is 0 Å². The van der Waals surface area contributed by atoms with Crippen molar-refractivity contribution >= 4 is 33.9 Å². The molecule has 3 N–H and O–H groups in total. The molecule has 26 heavy (non-hydrogen) atoms. The SMILES string of the molecule is COC(=O)C1=C(C)NC(=O)N[C@H]1c1cc(OC)c(OCC(=O)O)cc1Br. The minimum Gasteiger partial charge on any atom is -0.493 e. The zero-order valence-corrected chi connectivity index (χ0v) is 15.8. The Morgan fingerprint density at radius 3 is 2.54 bits per heavy atom. The number of benzene rings is 1. The normalized spacial score (nSPS) is 16.5. The van der Waals surface area contributed by atoms with E-state index in [1.807, 2.05) is 0 Å². The molecule has 0 fully saturated rings. The van der Waals surface area contributed by atoms with Gasteiger partial charge in [0, 0.05) is 10.2 Å². The predicted octanol–water partition coefficient (Wildman–Crippen LogP) is 1.72. The number of halogens is 1. The highest BCUT2D eigenvalue weighted by Crippen LogP contribution is 2.39. The van der Waals surface area contributed by atoms with Gasteiger partial charge in [0.2, 0.25) is 0 Å².